The number of carbonyl (C=O) groups is 2. The largest absolute Gasteiger partial charge is 0.395 e. The Balaban J connectivity index is 2.11. The first kappa shape index (κ1) is 13.4. The van der Waals surface area contributed by atoms with Crippen LogP contribution in [0.2, 0.25) is 0 Å². The van der Waals surface area contributed by atoms with Crippen LogP contribution in [0.3, 0.4) is 0 Å². The molecule has 1 fully saturated rings. The second kappa shape index (κ2) is 5.29. The van der Waals surface area contributed by atoms with Crippen LogP contribution in [0.1, 0.15) is 29.0 Å². The number of hydrogen-bond donors (Lipinski definition) is 3. The summed E-state index contributed by atoms with van der Waals surface area (Å²) in [7, 11) is 1.61. The Kier molecular flexibility index (Phi) is 3.73. The zero-order valence-corrected chi connectivity index (χ0v) is 11.2. The Bertz CT molecular complexity index is 496. The second-order valence-electron chi connectivity index (χ2n) is 4.82. The zero-order chi connectivity index (χ0) is 14.0. The lowest BCUT2D eigenvalue weighted by molar-refractivity contribution is -0.125. The van der Waals surface area contributed by atoms with E-state index in [4.69, 9.17) is 5.73 Å². The summed E-state index contributed by atoms with van der Waals surface area (Å²) >= 11 is 0. The molecule has 4 N–H and O–H groups in total. The minimum absolute atomic E-state index is 0.0244. The van der Waals surface area contributed by atoms with Crippen molar-refractivity contribution in [2.24, 2.45) is 5.92 Å². The van der Waals surface area contributed by atoms with Gasteiger partial charge in [0.05, 0.1) is 17.3 Å². The predicted octanol–water partition coefficient (Wildman–Crippen LogP) is -0.101. The molecule has 104 valence electrons. The zero-order valence-electron chi connectivity index (χ0n) is 11.2. The maximum absolute atomic E-state index is 12.3. The number of piperidine rings is 1. The van der Waals surface area contributed by atoms with Crippen molar-refractivity contribution in [1.82, 2.24) is 20.4 Å². The van der Waals surface area contributed by atoms with E-state index in [1.807, 2.05) is 0 Å². The molecule has 2 heterocycles. The van der Waals surface area contributed by atoms with Gasteiger partial charge in [0.25, 0.3) is 5.91 Å². The maximum atomic E-state index is 12.3. The molecule has 2 amide bonds. The van der Waals surface area contributed by atoms with Gasteiger partial charge in [-0.15, -0.1) is 0 Å². The van der Waals surface area contributed by atoms with E-state index < -0.39 is 0 Å². The van der Waals surface area contributed by atoms with Gasteiger partial charge >= 0.3 is 0 Å². The summed E-state index contributed by atoms with van der Waals surface area (Å²) in [5.74, 6) is -0.386. The van der Waals surface area contributed by atoms with Crippen molar-refractivity contribution in [2.45, 2.75) is 19.8 Å². The number of nitrogens with two attached hydrogens (primary N) is 1. The van der Waals surface area contributed by atoms with E-state index in [0.717, 1.165) is 12.8 Å². The summed E-state index contributed by atoms with van der Waals surface area (Å²) in [4.78, 5) is 25.6. The van der Waals surface area contributed by atoms with Gasteiger partial charge in [-0.3, -0.25) is 14.7 Å². The molecule has 7 nitrogen and oxygen atoms in total. The molecule has 0 bridgehead atoms. The summed E-state index contributed by atoms with van der Waals surface area (Å²) in [6.45, 7) is 2.82. The SMILES string of the molecule is CNC(=O)C1CCCN(C(=O)c2n[nH]c(C)c2N)C1. The smallest absolute Gasteiger partial charge is 0.276 e. The van der Waals surface area contributed by atoms with Crippen LogP contribution < -0.4 is 11.1 Å². The van der Waals surface area contributed by atoms with Gasteiger partial charge in [-0.05, 0) is 19.8 Å². The lowest BCUT2D eigenvalue weighted by Gasteiger charge is -2.31. The highest BCUT2D eigenvalue weighted by Crippen LogP contribution is 2.21. The van der Waals surface area contributed by atoms with Crippen LogP contribution in [0.4, 0.5) is 5.69 Å². The highest BCUT2D eigenvalue weighted by molar-refractivity contribution is 5.98. The van der Waals surface area contributed by atoms with Gasteiger partial charge in [-0.25, -0.2) is 0 Å². The standard InChI is InChI=1S/C12H19N5O2/c1-7-9(13)10(16-15-7)12(19)17-5-3-4-8(6-17)11(18)14-2/h8H,3-6,13H2,1-2H3,(H,14,18)(H,15,16). The van der Waals surface area contributed by atoms with Crippen LogP contribution >= 0.6 is 0 Å². The summed E-state index contributed by atoms with van der Waals surface area (Å²) in [6.07, 6.45) is 1.62. The lowest BCUT2D eigenvalue weighted by Crippen LogP contribution is -2.45. The number of nitrogens with zero attached hydrogens (tertiary/aromatic N) is 2. The van der Waals surface area contributed by atoms with Gasteiger partial charge in [0, 0.05) is 20.1 Å². The molecule has 7 heteroatoms. The molecule has 1 saturated heterocycles. The normalized spacial score (nSPS) is 19.3. The average Bonchev–Trinajstić information content (AvgIpc) is 2.77. The van der Waals surface area contributed by atoms with Crippen LogP contribution in [-0.2, 0) is 4.79 Å². The maximum Gasteiger partial charge on any atom is 0.276 e. The first-order valence-electron chi connectivity index (χ1n) is 6.36. The first-order valence-corrected chi connectivity index (χ1v) is 6.36. The average molecular weight is 265 g/mol. The van der Waals surface area contributed by atoms with Crippen LogP contribution in [0.5, 0.6) is 0 Å². The third kappa shape index (κ3) is 2.54. The van der Waals surface area contributed by atoms with Gasteiger partial charge in [-0.2, -0.15) is 5.10 Å². The lowest BCUT2D eigenvalue weighted by atomic mass is 9.97. The third-order valence-electron chi connectivity index (χ3n) is 3.52. The Morgan fingerprint density at radius 2 is 2.26 bits per heavy atom. The monoisotopic (exact) mass is 265 g/mol. The summed E-state index contributed by atoms with van der Waals surface area (Å²) in [5.41, 5.74) is 7.12. The van der Waals surface area contributed by atoms with Gasteiger partial charge in [0.15, 0.2) is 5.69 Å². The fraction of sp³-hybridized carbons (Fsp3) is 0.583. The minimum Gasteiger partial charge on any atom is -0.395 e. The third-order valence-corrected chi connectivity index (χ3v) is 3.52. The topological polar surface area (TPSA) is 104 Å². The van der Waals surface area contributed by atoms with E-state index >= 15 is 0 Å². The molecule has 0 saturated carbocycles. The molecule has 2 rings (SSSR count). The van der Waals surface area contributed by atoms with Crippen LogP contribution in [-0.4, -0.2) is 47.0 Å². The van der Waals surface area contributed by atoms with E-state index in [0.29, 0.717) is 24.5 Å². The molecule has 1 atom stereocenters. The fourth-order valence-electron chi connectivity index (χ4n) is 2.33. The number of aromatic nitrogens is 2. The summed E-state index contributed by atoms with van der Waals surface area (Å²) < 4.78 is 0. The van der Waals surface area contributed by atoms with Crippen molar-refractivity contribution in [3.63, 3.8) is 0 Å². The Labute approximate surface area is 111 Å². The molecule has 0 aromatic carbocycles. The number of carbonyl (C=O) groups excluding carboxylic acids is 2. The van der Waals surface area contributed by atoms with Gasteiger partial charge < -0.3 is 16.0 Å². The molecule has 1 aromatic rings. The number of likely N-dealkylation sites (tertiary alicyclic amines) is 1. The molecule has 1 aliphatic rings. The number of nitrogen functional groups attached to an aromatic ring is 1. The van der Waals surface area contributed by atoms with Gasteiger partial charge in [0.2, 0.25) is 5.91 Å². The number of rotatable bonds is 2. The van der Waals surface area contributed by atoms with Crippen molar-refractivity contribution in [3.8, 4) is 0 Å². The molecular formula is C12H19N5O2. The molecule has 0 aliphatic carbocycles. The van der Waals surface area contributed by atoms with E-state index in [-0.39, 0.29) is 23.4 Å². The highest BCUT2D eigenvalue weighted by Gasteiger charge is 2.30. The van der Waals surface area contributed by atoms with E-state index in [2.05, 4.69) is 15.5 Å². The van der Waals surface area contributed by atoms with Crippen LogP contribution in [0.15, 0.2) is 0 Å². The summed E-state index contributed by atoms with van der Waals surface area (Å²) in [6, 6.07) is 0. The van der Waals surface area contributed by atoms with Crippen LogP contribution in [0, 0.1) is 12.8 Å². The molecule has 1 aliphatic heterocycles. The van der Waals surface area contributed by atoms with Gasteiger partial charge in [0.1, 0.15) is 0 Å². The molecule has 19 heavy (non-hydrogen) atoms. The second-order valence-corrected chi connectivity index (χ2v) is 4.82. The summed E-state index contributed by atoms with van der Waals surface area (Å²) in [5, 5.41) is 9.27. The van der Waals surface area contributed by atoms with Gasteiger partial charge in [-0.1, -0.05) is 0 Å². The molecule has 0 radical (unpaired) electrons. The number of H-pyrrole nitrogens is 1. The molecular weight excluding hydrogens is 246 g/mol. The number of aryl methyl sites for hydroxylation is 1. The van der Waals surface area contributed by atoms with Crippen molar-refractivity contribution in [1.29, 1.82) is 0 Å². The van der Waals surface area contributed by atoms with E-state index in [1.165, 1.54) is 0 Å². The number of nitrogens with one attached hydrogen (secondary N) is 2. The molecule has 0 spiro atoms. The quantitative estimate of drug-likeness (QED) is 0.694. The number of hydrogen-bond acceptors (Lipinski definition) is 4. The number of aromatic amines is 1. The van der Waals surface area contributed by atoms with E-state index in [9.17, 15) is 9.59 Å². The number of anilines is 1. The Morgan fingerprint density at radius 3 is 2.84 bits per heavy atom. The fourth-order valence-corrected chi connectivity index (χ4v) is 2.33. The predicted molar refractivity (Wildman–Crippen MR) is 70.4 cm³/mol. The molecule has 1 unspecified atom stereocenters. The Morgan fingerprint density at radius 1 is 1.53 bits per heavy atom. The highest BCUT2D eigenvalue weighted by atomic mass is 16.2. The van der Waals surface area contributed by atoms with Crippen LogP contribution in [0.25, 0.3) is 0 Å². The Hall–Kier alpha value is -2.05. The van der Waals surface area contributed by atoms with Crippen molar-refractivity contribution in [2.75, 3.05) is 25.9 Å². The first-order chi connectivity index (χ1) is 9.04. The minimum atomic E-state index is -0.213. The van der Waals surface area contributed by atoms with Crippen molar-refractivity contribution in [3.05, 3.63) is 11.4 Å². The molecule has 1 aromatic heterocycles. The number of amides is 2. The van der Waals surface area contributed by atoms with E-state index in [1.54, 1.807) is 18.9 Å². The van der Waals surface area contributed by atoms with Crippen molar-refractivity contribution >= 4 is 17.5 Å². The van der Waals surface area contributed by atoms with Crippen molar-refractivity contribution < 1.29 is 9.59 Å².